The number of imide groups is 1. The molecule has 1 atom stereocenters. The summed E-state index contributed by atoms with van der Waals surface area (Å²) in [5.41, 5.74) is -0.939. The van der Waals surface area contributed by atoms with Crippen LogP contribution in [0.2, 0.25) is 0 Å². The zero-order valence-electron chi connectivity index (χ0n) is 13.1. The molecule has 0 fully saturated rings. The number of carbonyl (C=O) groups is 3. The summed E-state index contributed by atoms with van der Waals surface area (Å²) in [5.74, 6) is -0.638. The zero-order chi connectivity index (χ0) is 17.5. The van der Waals surface area contributed by atoms with Crippen LogP contribution in [-0.4, -0.2) is 31.3 Å². The van der Waals surface area contributed by atoms with Gasteiger partial charge in [0.05, 0.1) is 13.2 Å². The minimum Gasteiger partial charge on any atom is -0.464 e. The van der Waals surface area contributed by atoms with Crippen LogP contribution in [0, 0.1) is 0 Å². The molecule has 3 amide bonds. The summed E-state index contributed by atoms with van der Waals surface area (Å²) < 4.78 is 10.5. The fourth-order valence-electron chi connectivity index (χ4n) is 1.82. The van der Waals surface area contributed by atoms with Gasteiger partial charge in [-0.25, -0.2) is 19.7 Å². The van der Waals surface area contributed by atoms with Crippen LogP contribution >= 0.6 is 15.9 Å². The SMILES string of the molecule is CCOC(=O)NC(=O)N[C@](C)(C(=O)OCC)c1ccc(Br)cc1. The van der Waals surface area contributed by atoms with E-state index in [2.05, 4.69) is 26.0 Å². The molecule has 0 saturated carbocycles. The predicted molar refractivity (Wildman–Crippen MR) is 86.8 cm³/mol. The Morgan fingerprint density at radius 1 is 1.09 bits per heavy atom. The molecule has 126 valence electrons. The molecule has 1 rings (SSSR count). The van der Waals surface area contributed by atoms with Gasteiger partial charge in [0.2, 0.25) is 0 Å². The van der Waals surface area contributed by atoms with E-state index in [1.54, 1.807) is 38.1 Å². The van der Waals surface area contributed by atoms with E-state index in [0.717, 1.165) is 4.47 Å². The zero-order valence-corrected chi connectivity index (χ0v) is 14.7. The molecule has 0 spiro atoms. The fraction of sp³-hybridized carbons (Fsp3) is 0.400. The molecular weight excluding hydrogens is 368 g/mol. The lowest BCUT2D eigenvalue weighted by Crippen LogP contribution is -2.54. The number of amides is 3. The van der Waals surface area contributed by atoms with Crippen molar-refractivity contribution in [2.24, 2.45) is 0 Å². The number of halogens is 1. The standard InChI is InChI=1S/C15H19BrN2O5/c1-4-22-12(19)15(3,10-6-8-11(16)9-7-10)18-13(20)17-14(21)23-5-2/h6-9H,4-5H2,1-3H3,(H2,17,18,20,21)/t15-/m0/s1. The van der Waals surface area contributed by atoms with Gasteiger partial charge in [-0.15, -0.1) is 0 Å². The molecule has 1 aromatic rings. The van der Waals surface area contributed by atoms with Crippen molar-refractivity contribution < 1.29 is 23.9 Å². The Bertz CT molecular complexity index is 576. The number of carbonyl (C=O) groups excluding carboxylic acids is 3. The van der Waals surface area contributed by atoms with Crippen molar-refractivity contribution in [2.45, 2.75) is 26.3 Å². The maximum Gasteiger partial charge on any atom is 0.415 e. The molecule has 7 nitrogen and oxygen atoms in total. The summed E-state index contributed by atoms with van der Waals surface area (Å²) in [6.45, 7) is 5.06. The maximum absolute atomic E-state index is 12.3. The van der Waals surface area contributed by atoms with E-state index in [-0.39, 0.29) is 13.2 Å². The first-order valence-corrected chi connectivity index (χ1v) is 7.82. The molecule has 0 aliphatic carbocycles. The van der Waals surface area contributed by atoms with E-state index in [0.29, 0.717) is 5.56 Å². The first kappa shape index (κ1) is 19.0. The highest BCUT2D eigenvalue weighted by molar-refractivity contribution is 9.10. The van der Waals surface area contributed by atoms with Crippen molar-refractivity contribution in [1.82, 2.24) is 10.6 Å². The number of ether oxygens (including phenoxy) is 2. The van der Waals surface area contributed by atoms with Gasteiger partial charge in [-0.2, -0.15) is 0 Å². The van der Waals surface area contributed by atoms with Gasteiger partial charge in [0.25, 0.3) is 0 Å². The second-order valence-corrected chi connectivity index (χ2v) is 5.57. The topological polar surface area (TPSA) is 93.7 Å². The van der Waals surface area contributed by atoms with Crippen LogP contribution in [0.5, 0.6) is 0 Å². The summed E-state index contributed by atoms with van der Waals surface area (Å²) in [6.07, 6.45) is -0.896. The summed E-state index contributed by atoms with van der Waals surface area (Å²) in [6, 6.07) is 5.95. The lowest BCUT2D eigenvalue weighted by Gasteiger charge is -2.28. The van der Waals surface area contributed by atoms with Crippen LogP contribution in [-0.2, 0) is 19.8 Å². The first-order valence-electron chi connectivity index (χ1n) is 7.02. The number of nitrogens with one attached hydrogen (secondary N) is 2. The third-order valence-corrected chi connectivity index (χ3v) is 3.49. The highest BCUT2D eigenvalue weighted by Gasteiger charge is 2.38. The highest BCUT2D eigenvalue weighted by atomic mass is 79.9. The van der Waals surface area contributed by atoms with Crippen LogP contribution in [0.15, 0.2) is 28.7 Å². The third-order valence-electron chi connectivity index (χ3n) is 2.96. The molecule has 0 unspecified atom stereocenters. The van der Waals surface area contributed by atoms with E-state index in [4.69, 9.17) is 4.74 Å². The fourth-order valence-corrected chi connectivity index (χ4v) is 2.08. The number of alkyl carbamates (subject to hydrolysis) is 1. The minimum atomic E-state index is -1.45. The summed E-state index contributed by atoms with van der Waals surface area (Å²) in [5, 5.41) is 4.45. The number of benzene rings is 1. The van der Waals surface area contributed by atoms with Crippen LogP contribution in [0.4, 0.5) is 9.59 Å². The second-order valence-electron chi connectivity index (χ2n) is 4.65. The molecule has 0 saturated heterocycles. The maximum atomic E-state index is 12.3. The summed E-state index contributed by atoms with van der Waals surface area (Å²) >= 11 is 3.30. The number of rotatable bonds is 5. The van der Waals surface area contributed by atoms with Crippen molar-refractivity contribution in [3.05, 3.63) is 34.3 Å². The smallest absolute Gasteiger partial charge is 0.415 e. The lowest BCUT2D eigenvalue weighted by molar-refractivity contribution is -0.150. The van der Waals surface area contributed by atoms with Crippen molar-refractivity contribution in [1.29, 1.82) is 0 Å². The number of urea groups is 1. The van der Waals surface area contributed by atoms with Crippen LogP contribution in [0.1, 0.15) is 26.3 Å². The largest absolute Gasteiger partial charge is 0.464 e. The van der Waals surface area contributed by atoms with Gasteiger partial charge in [0, 0.05) is 4.47 Å². The molecule has 0 aliphatic heterocycles. The highest BCUT2D eigenvalue weighted by Crippen LogP contribution is 2.24. The Kier molecular flexibility index (Phi) is 7.02. The van der Waals surface area contributed by atoms with E-state index in [1.165, 1.54) is 6.92 Å². The van der Waals surface area contributed by atoms with E-state index in [9.17, 15) is 14.4 Å². The van der Waals surface area contributed by atoms with Gasteiger partial charge in [-0.05, 0) is 38.5 Å². The van der Waals surface area contributed by atoms with E-state index < -0.39 is 23.6 Å². The molecule has 0 heterocycles. The van der Waals surface area contributed by atoms with Crippen molar-refractivity contribution in [3.8, 4) is 0 Å². The Balaban J connectivity index is 3.00. The quantitative estimate of drug-likeness (QED) is 0.758. The van der Waals surface area contributed by atoms with Crippen molar-refractivity contribution in [2.75, 3.05) is 13.2 Å². The van der Waals surface area contributed by atoms with E-state index in [1.807, 2.05) is 5.32 Å². The van der Waals surface area contributed by atoms with Crippen molar-refractivity contribution in [3.63, 3.8) is 0 Å². The average Bonchev–Trinajstić information content (AvgIpc) is 2.47. The molecule has 1 aromatic carbocycles. The van der Waals surface area contributed by atoms with Crippen LogP contribution in [0.25, 0.3) is 0 Å². The molecule has 0 aliphatic rings. The van der Waals surface area contributed by atoms with E-state index >= 15 is 0 Å². The number of hydrogen-bond donors (Lipinski definition) is 2. The second kappa shape index (κ2) is 8.52. The molecule has 23 heavy (non-hydrogen) atoms. The molecule has 0 radical (unpaired) electrons. The number of esters is 1. The van der Waals surface area contributed by atoms with Crippen LogP contribution < -0.4 is 10.6 Å². The van der Waals surface area contributed by atoms with Crippen molar-refractivity contribution >= 4 is 34.0 Å². The molecule has 0 aromatic heterocycles. The third kappa shape index (κ3) is 5.24. The van der Waals surface area contributed by atoms with Gasteiger partial charge in [-0.3, -0.25) is 0 Å². The number of hydrogen-bond acceptors (Lipinski definition) is 5. The van der Waals surface area contributed by atoms with Crippen LogP contribution in [0.3, 0.4) is 0 Å². The molecular formula is C15H19BrN2O5. The summed E-state index contributed by atoms with van der Waals surface area (Å²) in [4.78, 5) is 35.6. The lowest BCUT2D eigenvalue weighted by atomic mass is 9.92. The average molecular weight is 387 g/mol. The Morgan fingerprint density at radius 3 is 2.17 bits per heavy atom. The van der Waals surface area contributed by atoms with Gasteiger partial charge >= 0.3 is 18.1 Å². The molecule has 8 heteroatoms. The summed E-state index contributed by atoms with van der Waals surface area (Å²) in [7, 11) is 0. The minimum absolute atomic E-state index is 0.126. The van der Waals surface area contributed by atoms with Gasteiger partial charge in [0.1, 0.15) is 0 Å². The first-order chi connectivity index (χ1) is 10.8. The van der Waals surface area contributed by atoms with Gasteiger partial charge in [-0.1, -0.05) is 28.1 Å². The predicted octanol–water partition coefficient (Wildman–Crippen LogP) is 2.68. The Morgan fingerprint density at radius 2 is 1.65 bits per heavy atom. The molecule has 0 bridgehead atoms. The monoisotopic (exact) mass is 386 g/mol. The van der Waals surface area contributed by atoms with Gasteiger partial charge in [0.15, 0.2) is 5.54 Å². The Hall–Kier alpha value is -2.09. The molecule has 2 N–H and O–H groups in total. The van der Waals surface area contributed by atoms with Gasteiger partial charge < -0.3 is 14.8 Å². The normalized spacial score (nSPS) is 12.7. The Labute approximate surface area is 142 Å².